The summed E-state index contributed by atoms with van der Waals surface area (Å²) in [5.41, 5.74) is -0.123. The summed E-state index contributed by atoms with van der Waals surface area (Å²) < 4.78 is 0. The van der Waals surface area contributed by atoms with Gasteiger partial charge in [0.05, 0.1) is 17.9 Å². The fourth-order valence-corrected chi connectivity index (χ4v) is 2.97. The second-order valence-electron chi connectivity index (χ2n) is 6.44. The molecule has 2 atom stereocenters. The van der Waals surface area contributed by atoms with E-state index in [-0.39, 0.29) is 24.8 Å². The number of amides is 2. The standard InChI is InChI=1S/C17H21ClN2O4/c1-11(21)19-14(12-3-5-13(18)6-4-12)9-15(22)20-8-7-17(2,10-20)16(23)24/h3-6,14H,7-10H2,1-2H3,(H,19,21)(H,23,24)/t14-,17-/m0/s1. The number of benzene rings is 1. The van der Waals surface area contributed by atoms with E-state index in [9.17, 15) is 19.5 Å². The van der Waals surface area contributed by atoms with Crippen molar-refractivity contribution >= 4 is 29.4 Å². The van der Waals surface area contributed by atoms with Crippen molar-refractivity contribution in [3.05, 3.63) is 34.9 Å². The van der Waals surface area contributed by atoms with Gasteiger partial charge in [-0.25, -0.2) is 0 Å². The summed E-state index contributed by atoms with van der Waals surface area (Å²) >= 11 is 5.87. The molecule has 0 aliphatic carbocycles. The zero-order valence-electron chi connectivity index (χ0n) is 13.7. The van der Waals surface area contributed by atoms with Gasteiger partial charge in [0, 0.05) is 25.0 Å². The predicted octanol–water partition coefficient (Wildman–Crippen LogP) is 2.23. The minimum atomic E-state index is -0.903. The summed E-state index contributed by atoms with van der Waals surface area (Å²) in [6.45, 7) is 3.64. The van der Waals surface area contributed by atoms with Gasteiger partial charge in [-0.1, -0.05) is 23.7 Å². The summed E-state index contributed by atoms with van der Waals surface area (Å²) in [7, 11) is 0. The minimum Gasteiger partial charge on any atom is -0.481 e. The Morgan fingerprint density at radius 2 is 1.96 bits per heavy atom. The van der Waals surface area contributed by atoms with E-state index in [1.165, 1.54) is 6.92 Å². The minimum absolute atomic E-state index is 0.0803. The van der Waals surface area contributed by atoms with Crippen molar-refractivity contribution < 1.29 is 19.5 Å². The largest absolute Gasteiger partial charge is 0.481 e. The number of halogens is 1. The number of rotatable bonds is 5. The molecule has 1 fully saturated rings. The smallest absolute Gasteiger partial charge is 0.311 e. The van der Waals surface area contributed by atoms with Crippen molar-refractivity contribution in [2.45, 2.75) is 32.7 Å². The van der Waals surface area contributed by atoms with Crippen molar-refractivity contribution in [1.82, 2.24) is 10.2 Å². The number of carboxylic acids is 1. The Morgan fingerprint density at radius 3 is 2.46 bits per heavy atom. The van der Waals surface area contributed by atoms with Crippen LogP contribution < -0.4 is 5.32 Å². The highest BCUT2D eigenvalue weighted by Crippen LogP contribution is 2.31. The van der Waals surface area contributed by atoms with Crippen LogP contribution in [0.2, 0.25) is 5.02 Å². The first-order valence-electron chi connectivity index (χ1n) is 7.75. The molecule has 0 bridgehead atoms. The lowest BCUT2D eigenvalue weighted by molar-refractivity contribution is -0.147. The summed E-state index contributed by atoms with van der Waals surface area (Å²) in [6, 6.07) is 6.47. The number of carbonyl (C=O) groups excluding carboxylic acids is 2. The zero-order valence-corrected chi connectivity index (χ0v) is 14.5. The van der Waals surface area contributed by atoms with Crippen LogP contribution in [-0.2, 0) is 14.4 Å². The van der Waals surface area contributed by atoms with Gasteiger partial charge in [-0.15, -0.1) is 0 Å². The van der Waals surface area contributed by atoms with Crippen LogP contribution in [0.1, 0.15) is 38.3 Å². The van der Waals surface area contributed by atoms with Crippen LogP contribution in [0.4, 0.5) is 0 Å². The molecule has 0 unspecified atom stereocenters. The quantitative estimate of drug-likeness (QED) is 0.850. The molecule has 6 nitrogen and oxygen atoms in total. The Kier molecular flexibility index (Phi) is 5.49. The first-order valence-corrected chi connectivity index (χ1v) is 8.13. The van der Waals surface area contributed by atoms with Gasteiger partial charge in [-0.2, -0.15) is 0 Å². The van der Waals surface area contributed by atoms with Crippen LogP contribution in [0.5, 0.6) is 0 Å². The maximum absolute atomic E-state index is 12.5. The van der Waals surface area contributed by atoms with Crippen LogP contribution in [0.25, 0.3) is 0 Å². The fraction of sp³-hybridized carbons (Fsp3) is 0.471. The molecule has 2 N–H and O–H groups in total. The third-order valence-corrected chi connectivity index (χ3v) is 4.62. The van der Waals surface area contributed by atoms with Crippen LogP contribution in [0.3, 0.4) is 0 Å². The van der Waals surface area contributed by atoms with Gasteiger partial charge in [0.25, 0.3) is 0 Å². The van der Waals surface area contributed by atoms with E-state index < -0.39 is 17.4 Å². The van der Waals surface area contributed by atoms with Crippen molar-refractivity contribution in [2.24, 2.45) is 5.41 Å². The second-order valence-corrected chi connectivity index (χ2v) is 6.88. The van der Waals surface area contributed by atoms with Gasteiger partial charge in [-0.05, 0) is 31.0 Å². The lowest BCUT2D eigenvalue weighted by Crippen LogP contribution is -2.37. The lowest BCUT2D eigenvalue weighted by Gasteiger charge is -2.23. The highest BCUT2D eigenvalue weighted by atomic mass is 35.5. The molecule has 1 aromatic rings. The van der Waals surface area contributed by atoms with E-state index in [2.05, 4.69) is 5.32 Å². The Morgan fingerprint density at radius 1 is 1.33 bits per heavy atom. The van der Waals surface area contributed by atoms with E-state index in [4.69, 9.17) is 11.6 Å². The van der Waals surface area contributed by atoms with E-state index in [1.54, 1.807) is 36.1 Å². The molecule has 0 spiro atoms. The average molecular weight is 353 g/mol. The van der Waals surface area contributed by atoms with Crippen LogP contribution in [-0.4, -0.2) is 40.9 Å². The molecule has 1 heterocycles. The third kappa shape index (κ3) is 4.26. The fourth-order valence-electron chi connectivity index (χ4n) is 2.84. The number of hydrogen-bond donors (Lipinski definition) is 2. The molecule has 130 valence electrons. The van der Waals surface area contributed by atoms with E-state index >= 15 is 0 Å². The van der Waals surface area contributed by atoms with Crippen molar-refractivity contribution in [2.75, 3.05) is 13.1 Å². The zero-order chi connectivity index (χ0) is 17.9. The summed E-state index contributed by atoms with van der Waals surface area (Å²) in [4.78, 5) is 36.9. The summed E-state index contributed by atoms with van der Waals surface area (Å²) in [5, 5.41) is 12.6. The van der Waals surface area contributed by atoms with E-state index in [0.29, 0.717) is 18.0 Å². The monoisotopic (exact) mass is 352 g/mol. The van der Waals surface area contributed by atoms with Crippen molar-refractivity contribution in [3.8, 4) is 0 Å². The molecule has 1 aliphatic heterocycles. The number of carbonyl (C=O) groups is 3. The molecular weight excluding hydrogens is 332 g/mol. The predicted molar refractivity (Wildman–Crippen MR) is 89.6 cm³/mol. The molecular formula is C17H21ClN2O4. The number of aliphatic carboxylic acids is 1. The van der Waals surface area contributed by atoms with Crippen LogP contribution in [0.15, 0.2) is 24.3 Å². The van der Waals surface area contributed by atoms with Gasteiger partial charge in [0.1, 0.15) is 0 Å². The normalized spacial score (nSPS) is 21.4. The van der Waals surface area contributed by atoms with E-state index in [1.807, 2.05) is 0 Å². The molecule has 2 rings (SSSR count). The van der Waals surface area contributed by atoms with Crippen molar-refractivity contribution in [3.63, 3.8) is 0 Å². The molecule has 0 aromatic heterocycles. The Labute approximate surface area is 145 Å². The van der Waals surface area contributed by atoms with E-state index in [0.717, 1.165) is 5.56 Å². The molecule has 1 saturated heterocycles. The highest BCUT2D eigenvalue weighted by molar-refractivity contribution is 6.30. The molecule has 1 aliphatic rings. The van der Waals surface area contributed by atoms with Crippen molar-refractivity contribution in [1.29, 1.82) is 0 Å². The first kappa shape index (κ1) is 18.3. The van der Waals surface area contributed by atoms with Gasteiger partial charge < -0.3 is 15.3 Å². The van der Waals surface area contributed by atoms with Crippen LogP contribution >= 0.6 is 11.6 Å². The number of hydrogen-bond acceptors (Lipinski definition) is 3. The van der Waals surface area contributed by atoms with Crippen LogP contribution in [0, 0.1) is 5.41 Å². The molecule has 2 amide bonds. The first-order chi connectivity index (χ1) is 11.2. The number of likely N-dealkylation sites (tertiary alicyclic amines) is 1. The van der Waals surface area contributed by atoms with Gasteiger partial charge in [0.2, 0.25) is 11.8 Å². The summed E-state index contributed by atoms with van der Waals surface area (Å²) in [5.74, 6) is -1.30. The van der Waals surface area contributed by atoms with Gasteiger partial charge in [0.15, 0.2) is 0 Å². The topological polar surface area (TPSA) is 86.7 Å². The number of nitrogens with one attached hydrogen (secondary N) is 1. The van der Waals surface area contributed by atoms with Gasteiger partial charge >= 0.3 is 5.97 Å². The molecule has 0 radical (unpaired) electrons. The molecule has 24 heavy (non-hydrogen) atoms. The molecule has 0 saturated carbocycles. The average Bonchev–Trinajstić information content (AvgIpc) is 2.91. The molecule has 1 aromatic carbocycles. The highest BCUT2D eigenvalue weighted by Gasteiger charge is 2.42. The summed E-state index contributed by atoms with van der Waals surface area (Å²) in [6.07, 6.45) is 0.511. The Balaban J connectivity index is 2.09. The second kappa shape index (κ2) is 7.21. The number of carboxylic acid groups (broad SMARTS) is 1. The third-order valence-electron chi connectivity index (χ3n) is 4.37. The maximum atomic E-state index is 12.5. The Bertz CT molecular complexity index is 646. The maximum Gasteiger partial charge on any atom is 0.311 e. The Hall–Kier alpha value is -2.08. The molecule has 7 heteroatoms. The number of nitrogens with zero attached hydrogens (tertiary/aromatic N) is 1. The SMILES string of the molecule is CC(=O)N[C@@H](CC(=O)N1CC[C@](C)(C(=O)O)C1)c1ccc(Cl)cc1. The van der Waals surface area contributed by atoms with Gasteiger partial charge in [-0.3, -0.25) is 14.4 Å². The lowest BCUT2D eigenvalue weighted by atomic mass is 9.90.